The highest BCUT2D eigenvalue weighted by Gasteiger charge is 2.24. The Morgan fingerprint density at radius 2 is 2.12 bits per heavy atom. The first kappa shape index (κ1) is 11.7. The molecule has 5 N–H and O–H groups in total. The molecule has 1 heterocycles. The summed E-state index contributed by atoms with van der Waals surface area (Å²) in [5.41, 5.74) is 6.57. The number of fused-ring (bicyclic) bond motifs is 1. The zero-order valence-electron chi connectivity index (χ0n) is 9.47. The zero-order valence-corrected chi connectivity index (χ0v) is 9.47. The molecule has 0 spiro atoms. The van der Waals surface area contributed by atoms with Crippen LogP contribution < -0.4 is 11.1 Å². The fraction of sp³-hybridized carbons (Fsp3) is 0.364. The molecule has 6 heteroatoms. The largest absolute Gasteiger partial charge is 0.423 e. The summed E-state index contributed by atoms with van der Waals surface area (Å²) < 4.78 is 5.42. The second-order valence-corrected chi connectivity index (χ2v) is 4.25. The Hall–Kier alpha value is -1.79. The van der Waals surface area contributed by atoms with Gasteiger partial charge in [0.1, 0.15) is 5.52 Å². The van der Waals surface area contributed by atoms with Crippen LogP contribution in [-0.2, 0) is 0 Å². The van der Waals surface area contributed by atoms with Crippen LogP contribution in [0.15, 0.2) is 22.6 Å². The van der Waals surface area contributed by atoms with Gasteiger partial charge in [-0.05, 0) is 19.1 Å². The Kier molecular flexibility index (Phi) is 2.91. The molecular weight excluding hydrogens is 222 g/mol. The Labute approximate surface area is 98.1 Å². The van der Waals surface area contributed by atoms with E-state index in [4.69, 9.17) is 20.4 Å². The van der Waals surface area contributed by atoms with E-state index in [0.717, 1.165) is 0 Å². The SMILES string of the molecule is CC(CO)(CO)Nc1nc2ccc(N)cc2o1. The van der Waals surface area contributed by atoms with Gasteiger partial charge < -0.3 is 25.7 Å². The van der Waals surface area contributed by atoms with Crippen LogP contribution >= 0.6 is 0 Å². The molecule has 2 aromatic rings. The van der Waals surface area contributed by atoms with Crippen LogP contribution in [0.1, 0.15) is 6.92 Å². The van der Waals surface area contributed by atoms with Gasteiger partial charge in [-0.2, -0.15) is 4.98 Å². The third-order valence-corrected chi connectivity index (χ3v) is 2.52. The zero-order chi connectivity index (χ0) is 12.5. The van der Waals surface area contributed by atoms with E-state index in [1.165, 1.54) is 0 Å². The molecule has 0 aliphatic rings. The van der Waals surface area contributed by atoms with E-state index >= 15 is 0 Å². The minimum Gasteiger partial charge on any atom is -0.423 e. The van der Waals surface area contributed by atoms with Crippen molar-refractivity contribution in [3.63, 3.8) is 0 Å². The number of oxazole rings is 1. The van der Waals surface area contributed by atoms with Crippen molar-refractivity contribution in [1.29, 1.82) is 0 Å². The maximum Gasteiger partial charge on any atom is 0.296 e. The molecule has 0 saturated carbocycles. The third kappa shape index (κ3) is 2.32. The average molecular weight is 237 g/mol. The summed E-state index contributed by atoms with van der Waals surface area (Å²) in [7, 11) is 0. The van der Waals surface area contributed by atoms with Crippen LogP contribution in [0.3, 0.4) is 0 Å². The second-order valence-electron chi connectivity index (χ2n) is 4.25. The molecule has 92 valence electrons. The lowest BCUT2D eigenvalue weighted by Gasteiger charge is -2.24. The molecular formula is C11H15N3O3. The van der Waals surface area contributed by atoms with Crippen molar-refractivity contribution >= 4 is 22.8 Å². The molecule has 2 rings (SSSR count). The summed E-state index contributed by atoms with van der Waals surface area (Å²) in [6.45, 7) is 1.20. The molecule has 17 heavy (non-hydrogen) atoms. The van der Waals surface area contributed by atoms with Crippen molar-refractivity contribution in [2.75, 3.05) is 24.3 Å². The minimum absolute atomic E-state index is 0.232. The lowest BCUT2D eigenvalue weighted by atomic mass is 10.1. The standard InChI is InChI=1S/C11H15N3O3/c1-11(5-15,6-16)14-10-13-8-3-2-7(12)4-9(8)17-10/h2-4,15-16H,5-6,12H2,1H3,(H,13,14). The van der Waals surface area contributed by atoms with Crippen LogP contribution in [0.5, 0.6) is 0 Å². The average Bonchev–Trinajstić information content (AvgIpc) is 2.70. The first-order chi connectivity index (χ1) is 8.06. The van der Waals surface area contributed by atoms with Crippen molar-refractivity contribution in [3.05, 3.63) is 18.2 Å². The molecule has 1 aromatic carbocycles. The van der Waals surface area contributed by atoms with Crippen LogP contribution in [0.4, 0.5) is 11.7 Å². The van der Waals surface area contributed by atoms with Gasteiger partial charge in [0.2, 0.25) is 0 Å². The number of nitrogens with two attached hydrogens (primary N) is 1. The molecule has 0 aliphatic heterocycles. The van der Waals surface area contributed by atoms with E-state index in [0.29, 0.717) is 16.8 Å². The van der Waals surface area contributed by atoms with E-state index in [-0.39, 0.29) is 19.2 Å². The molecule has 0 bridgehead atoms. The van der Waals surface area contributed by atoms with Crippen molar-refractivity contribution < 1.29 is 14.6 Å². The Morgan fingerprint density at radius 1 is 1.41 bits per heavy atom. The number of hydrogen-bond donors (Lipinski definition) is 4. The van der Waals surface area contributed by atoms with Crippen LogP contribution in [-0.4, -0.2) is 33.9 Å². The fourth-order valence-electron chi connectivity index (χ4n) is 1.38. The number of anilines is 2. The predicted molar refractivity (Wildman–Crippen MR) is 64.6 cm³/mol. The molecule has 0 amide bonds. The lowest BCUT2D eigenvalue weighted by molar-refractivity contribution is 0.145. The van der Waals surface area contributed by atoms with Crippen LogP contribution in [0.25, 0.3) is 11.1 Å². The Morgan fingerprint density at radius 3 is 2.76 bits per heavy atom. The topological polar surface area (TPSA) is 105 Å². The van der Waals surface area contributed by atoms with E-state index in [9.17, 15) is 0 Å². The lowest BCUT2D eigenvalue weighted by Crippen LogP contribution is -2.42. The van der Waals surface area contributed by atoms with Crippen molar-refractivity contribution in [2.24, 2.45) is 0 Å². The predicted octanol–water partition coefficient (Wildman–Crippen LogP) is 0.565. The molecule has 0 unspecified atom stereocenters. The summed E-state index contributed by atoms with van der Waals surface area (Å²) in [5.74, 6) is 0. The number of nitrogens with zero attached hydrogens (tertiary/aromatic N) is 1. The number of aromatic nitrogens is 1. The highest BCUT2D eigenvalue weighted by atomic mass is 16.4. The molecule has 0 aliphatic carbocycles. The van der Waals surface area contributed by atoms with Gasteiger partial charge in [-0.3, -0.25) is 0 Å². The maximum absolute atomic E-state index is 9.15. The number of aliphatic hydroxyl groups is 2. The molecule has 1 aromatic heterocycles. The highest BCUT2D eigenvalue weighted by Crippen LogP contribution is 2.23. The van der Waals surface area contributed by atoms with Crippen LogP contribution in [0, 0.1) is 0 Å². The maximum atomic E-state index is 9.15. The molecule has 6 nitrogen and oxygen atoms in total. The van der Waals surface area contributed by atoms with Gasteiger partial charge in [-0.1, -0.05) is 0 Å². The van der Waals surface area contributed by atoms with Crippen molar-refractivity contribution in [3.8, 4) is 0 Å². The summed E-state index contributed by atoms with van der Waals surface area (Å²) in [5, 5.41) is 21.2. The quantitative estimate of drug-likeness (QED) is 0.579. The first-order valence-electron chi connectivity index (χ1n) is 5.22. The Balaban J connectivity index is 2.31. The number of nitrogen functional groups attached to an aromatic ring is 1. The summed E-state index contributed by atoms with van der Waals surface area (Å²) in [6, 6.07) is 5.39. The number of benzene rings is 1. The normalized spacial score (nSPS) is 11.9. The monoisotopic (exact) mass is 237 g/mol. The summed E-state index contributed by atoms with van der Waals surface area (Å²) >= 11 is 0. The van der Waals surface area contributed by atoms with Gasteiger partial charge in [0.05, 0.1) is 18.8 Å². The van der Waals surface area contributed by atoms with Gasteiger partial charge >= 0.3 is 0 Å². The highest BCUT2D eigenvalue weighted by molar-refractivity contribution is 5.78. The van der Waals surface area contributed by atoms with E-state index in [1.54, 1.807) is 25.1 Å². The van der Waals surface area contributed by atoms with Crippen LogP contribution in [0.2, 0.25) is 0 Å². The third-order valence-electron chi connectivity index (χ3n) is 2.52. The van der Waals surface area contributed by atoms with Gasteiger partial charge in [-0.25, -0.2) is 0 Å². The minimum atomic E-state index is -0.869. The second kappa shape index (κ2) is 4.23. The van der Waals surface area contributed by atoms with E-state index in [2.05, 4.69) is 10.3 Å². The molecule has 0 atom stereocenters. The van der Waals surface area contributed by atoms with E-state index < -0.39 is 5.54 Å². The summed E-state index contributed by atoms with van der Waals surface area (Å²) in [6.07, 6.45) is 0. The summed E-state index contributed by atoms with van der Waals surface area (Å²) in [4.78, 5) is 4.18. The Bertz CT molecular complexity index is 520. The smallest absolute Gasteiger partial charge is 0.296 e. The number of nitrogens with one attached hydrogen (secondary N) is 1. The van der Waals surface area contributed by atoms with Gasteiger partial charge in [0, 0.05) is 11.8 Å². The van der Waals surface area contributed by atoms with E-state index in [1.807, 2.05) is 0 Å². The molecule has 0 fully saturated rings. The number of aliphatic hydroxyl groups excluding tert-OH is 2. The number of hydrogen-bond acceptors (Lipinski definition) is 6. The van der Waals surface area contributed by atoms with Gasteiger partial charge in [0.15, 0.2) is 5.58 Å². The van der Waals surface area contributed by atoms with Crippen molar-refractivity contribution in [2.45, 2.75) is 12.5 Å². The van der Waals surface area contributed by atoms with Crippen molar-refractivity contribution in [1.82, 2.24) is 4.98 Å². The molecule has 0 radical (unpaired) electrons. The van der Waals surface area contributed by atoms with Gasteiger partial charge in [0.25, 0.3) is 6.01 Å². The molecule has 0 saturated heterocycles. The first-order valence-corrected chi connectivity index (χ1v) is 5.22. The van der Waals surface area contributed by atoms with Gasteiger partial charge in [-0.15, -0.1) is 0 Å². The number of rotatable bonds is 4. The fourth-order valence-corrected chi connectivity index (χ4v) is 1.38.